The molecular weight excluding hydrogens is 336 g/mol. The molecule has 0 aromatic heterocycles. The second-order valence-electron chi connectivity index (χ2n) is 5.69. The van der Waals surface area contributed by atoms with E-state index < -0.39 is 29.1 Å². The monoisotopic (exact) mass is 353 g/mol. The Morgan fingerprint density at radius 1 is 0.846 bits per heavy atom. The fourth-order valence-corrected chi connectivity index (χ4v) is 2.72. The minimum atomic E-state index is -0.899. The fraction of sp³-hybridized carbons (Fsp3) is 0.0952. The number of carbonyl (C=O) groups excluding carboxylic acids is 1. The molecule has 0 aliphatic carbocycles. The third-order valence-corrected chi connectivity index (χ3v) is 4.05. The molecule has 3 aromatic rings. The molecule has 0 heterocycles. The minimum absolute atomic E-state index is 0.561. The first-order valence-electron chi connectivity index (χ1n) is 8.04. The first-order chi connectivity index (χ1) is 12.6. The van der Waals surface area contributed by atoms with Crippen LogP contribution in [0.15, 0.2) is 72.8 Å². The first-order valence-corrected chi connectivity index (χ1v) is 8.04. The largest absolute Gasteiger partial charge is 0.497 e. The topological polar surface area (TPSA) is 38.3 Å². The van der Waals surface area contributed by atoms with Crippen LogP contribution in [0.25, 0.3) is 0 Å². The van der Waals surface area contributed by atoms with Crippen LogP contribution in [0.3, 0.4) is 0 Å². The zero-order chi connectivity index (χ0) is 18.5. The van der Waals surface area contributed by atoms with Crippen LogP contribution in [0.2, 0.25) is 0 Å². The smallest absolute Gasteiger partial charge is 0.258 e. The van der Waals surface area contributed by atoms with Gasteiger partial charge in [0, 0.05) is 0 Å². The summed E-state index contributed by atoms with van der Waals surface area (Å²) < 4.78 is 33.0. The van der Waals surface area contributed by atoms with E-state index in [1.807, 2.05) is 30.3 Å². The summed E-state index contributed by atoms with van der Waals surface area (Å²) in [5.41, 5.74) is 0.965. The molecule has 0 radical (unpaired) electrons. The number of ether oxygens (including phenoxy) is 1. The van der Waals surface area contributed by atoms with Gasteiger partial charge in [-0.25, -0.2) is 8.78 Å². The number of carbonyl (C=O) groups is 1. The molecule has 5 heteroatoms. The van der Waals surface area contributed by atoms with Crippen molar-refractivity contribution >= 4 is 5.91 Å². The predicted octanol–water partition coefficient (Wildman–Crippen LogP) is 4.49. The fourth-order valence-electron chi connectivity index (χ4n) is 2.72. The highest BCUT2D eigenvalue weighted by Gasteiger charge is 2.22. The number of benzene rings is 3. The number of rotatable bonds is 5. The summed E-state index contributed by atoms with van der Waals surface area (Å²) in [4.78, 5) is 12.6. The van der Waals surface area contributed by atoms with Gasteiger partial charge in [0.25, 0.3) is 5.91 Å². The summed E-state index contributed by atoms with van der Waals surface area (Å²) in [6.45, 7) is 0. The SMILES string of the molecule is COc1ccc(C(NC(=O)c2c(F)cccc2F)c2ccccc2)cc1. The molecule has 0 saturated carbocycles. The summed E-state index contributed by atoms with van der Waals surface area (Å²) in [7, 11) is 1.56. The van der Waals surface area contributed by atoms with Crippen molar-refractivity contribution in [2.45, 2.75) is 6.04 Å². The van der Waals surface area contributed by atoms with Gasteiger partial charge in [-0.1, -0.05) is 48.5 Å². The van der Waals surface area contributed by atoms with Crippen LogP contribution in [0.4, 0.5) is 8.78 Å². The maximum absolute atomic E-state index is 13.9. The maximum Gasteiger partial charge on any atom is 0.258 e. The van der Waals surface area contributed by atoms with Gasteiger partial charge >= 0.3 is 0 Å². The van der Waals surface area contributed by atoms with Gasteiger partial charge < -0.3 is 10.1 Å². The lowest BCUT2D eigenvalue weighted by Crippen LogP contribution is -2.30. The van der Waals surface area contributed by atoms with Crippen LogP contribution in [0.1, 0.15) is 27.5 Å². The van der Waals surface area contributed by atoms with Crippen LogP contribution < -0.4 is 10.1 Å². The average Bonchev–Trinajstić information content (AvgIpc) is 2.67. The van der Waals surface area contributed by atoms with Crippen molar-refractivity contribution in [1.82, 2.24) is 5.32 Å². The van der Waals surface area contributed by atoms with E-state index in [1.54, 1.807) is 31.4 Å². The molecule has 1 unspecified atom stereocenters. The molecule has 26 heavy (non-hydrogen) atoms. The van der Waals surface area contributed by atoms with Gasteiger partial charge in [0.2, 0.25) is 0 Å². The third kappa shape index (κ3) is 3.72. The van der Waals surface area contributed by atoms with Crippen molar-refractivity contribution < 1.29 is 18.3 Å². The summed E-state index contributed by atoms with van der Waals surface area (Å²) in [6.07, 6.45) is 0. The number of halogens is 2. The standard InChI is InChI=1S/C21H17F2NO2/c1-26-16-12-10-15(11-13-16)20(14-6-3-2-4-7-14)24-21(25)19-17(22)8-5-9-18(19)23/h2-13,20H,1H3,(H,24,25). The molecule has 0 spiro atoms. The van der Waals surface area contributed by atoms with Gasteiger partial charge in [-0.2, -0.15) is 0 Å². The van der Waals surface area contributed by atoms with Crippen LogP contribution in [-0.4, -0.2) is 13.0 Å². The van der Waals surface area contributed by atoms with Crippen molar-refractivity contribution in [3.05, 3.63) is 101 Å². The molecule has 0 aliphatic rings. The molecule has 1 N–H and O–H groups in total. The number of nitrogens with one attached hydrogen (secondary N) is 1. The Hall–Kier alpha value is -3.21. The van der Waals surface area contributed by atoms with E-state index in [1.165, 1.54) is 6.07 Å². The summed E-state index contributed by atoms with van der Waals surface area (Å²) >= 11 is 0. The van der Waals surface area contributed by atoms with Crippen molar-refractivity contribution in [2.75, 3.05) is 7.11 Å². The Balaban J connectivity index is 1.97. The molecule has 0 bridgehead atoms. The molecule has 0 fully saturated rings. The lowest BCUT2D eigenvalue weighted by atomic mass is 9.98. The Labute approximate surface area is 150 Å². The highest BCUT2D eigenvalue weighted by atomic mass is 19.1. The Kier molecular flexibility index (Phi) is 5.27. The lowest BCUT2D eigenvalue weighted by molar-refractivity contribution is 0.0934. The molecule has 3 aromatic carbocycles. The number of methoxy groups -OCH3 is 1. The second-order valence-corrected chi connectivity index (χ2v) is 5.69. The lowest BCUT2D eigenvalue weighted by Gasteiger charge is -2.20. The van der Waals surface area contributed by atoms with Crippen LogP contribution >= 0.6 is 0 Å². The van der Waals surface area contributed by atoms with Crippen LogP contribution in [0.5, 0.6) is 5.75 Å². The normalized spacial score (nSPS) is 11.7. The van der Waals surface area contributed by atoms with E-state index in [0.29, 0.717) is 5.75 Å². The van der Waals surface area contributed by atoms with E-state index in [4.69, 9.17) is 4.74 Å². The van der Waals surface area contributed by atoms with Gasteiger partial charge in [-0.3, -0.25) is 4.79 Å². The molecule has 1 atom stereocenters. The van der Waals surface area contributed by atoms with Crippen LogP contribution in [-0.2, 0) is 0 Å². The zero-order valence-corrected chi connectivity index (χ0v) is 14.1. The van der Waals surface area contributed by atoms with E-state index in [9.17, 15) is 13.6 Å². The van der Waals surface area contributed by atoms with Gasteiger partial charge in [-0.05, 0) is 35.4 Å². The molecule has 1 amide bonds. The van der Waals surface area contributed by atoms with Gasteiger partial charge in [0.1, 0.15) is 22.9 Å². The van der Waals surface area contributed by atoms with Crippen molar-refractivity contribution in [2.24, 2.45) is 0 Å². The summed E-state index contributed by atoms with van der Waals surface area (Å²) in [5.74, 6) is -1.94. The second kappa shape index (κ2) is 7.78. The van der Waals surface area contributed by atoms with E-state index >= 15 is 0 Å². The number of hydrogen-bond donors (Lipinski definition) is 1. The van der Waals surface area contributed by atoms with E-state index in [0.717, 1.165) is 23.3 Å². The summed E-state index contributed by atoms with van der Waals surface area (Å²) in [5, 5.41) is 2.73. The minimum Gasteiger partial charge on any atom is -0.497 e. The van der Waals surface area contributed by atoms with Crippen molar-refractivity contribution in [3.8, 4) is 5.75 Å². The first kappa shape index (κ1) is 17.6. The quantitative estimate of drug-likeness (QED) is 0.734. The van der Waals surface area contributed by atoms with Gasteiger partial charge in [0.15, 0.2) is 0 Å². The van der Waals surface area contributed by atoms with E-state index in [2.05, 4.69) is 5.32 Å². The molecular formula is C21H17F2NO2. The molecule has 0 aliphatic heterocycles. The molecule has 0 saturated heterocycles. The van der Waals surface area contributed by atoms with Gasteiger partial charge in [0.05, 0.1) is 13.2 Å². The van der Waals surface area contributed by atoms with Crippen molar-refractivity contribution in [3.63, 3.8) is 0 Å². The molecule has 3 rings (SSSR count). The van der Waals surface area contributed by atoms with Gasteiger partial charge in [-0.15, -0.1) is 0 Å². The zero-order valence-electron chi connectivity index (χ0n) is 14.1. The number of hydrogen-bond acceptors (Lipinski definition) is 2. The third-order valence-electron chi connectivity index (χ3n) is 4.05. The summed E-state index contributed by atoms with van der Waals surface area (Å²) in [6, 6.07) is 19.1. The highest BCUT2D eigenvalue weighted by molar-refractivity contribution is 5.95. The molecule has 3 nitrogen and oxygen atoms in total. The Bertz CT molecular complexity index is 875. The Morgan fingerprint density at radius 2 is 1.42 bits per heavy atom. The van der Waals surface area contributed by atoms with Crippen LogP contribution in [0, 0.1) is 11.6 Å². The Morgan fingerprint density at radius 3 is 2.00 bits per heavy atom. The van der Waals surface area contributed by atoms with E-state index in [-0.39, 0.29) is 0 Å². The van der Waals surface area contributed by atoms with Crippen molar-refractivity contribution in [1.29, 1.82) is 0 Å². The molecule has 132 valence electrons. The average molecular weight is 353 g/mol. The number of amides is 1. The maximum atomic E-state index is 13.9. The predicted molar refractivity (Wildman–Crippen MR) is 95.1 cm³/mol. The highest BCUT2D eigenvalue weighted by Crippen LogP contribution is 2.25.